The summed E-state index contributed by atoms with van der Waals surface area (Å²) in [6, 6.07) is 7.62. The molecule has 0 unspecified atom stereocenters. The summed E-state index contributed by atoms with van der Waals surface area (Å²) in [5.41, 5.74) is 0.822. The molecule has 0 amide bonds. The van der Waals surface area contributed by atoms with E-state index in [1.807, 2.05) is 28.7 Å². The third-order valence-electron chi connectivity index (χ3n) is 4.19. The molecule has 122 valence electrons. The van der Waals surface area contributed by atoms with Crippen LogP contribution in [0.5, 0.6) is 0 Å². The zero-order valence-electron chi connectivity index (χ0n) is 14.2. The standard InChI is InChI=1S/C17H23N5O/c1-12(2)9-10-20(3)11-15-18-19-17-21(4)16(23)13-7-5-6-8-14(13)22(15)17/h5-8,12H,9-11H2,1-4H3. The Labute approximate surface area is 135 Å². The summed E-state index contributed by atoms with van der Waals surface area (Å²) in [4.78, 5) is 14.7. The van der Waals surface area contributed by atoms with Crippen LogP contribution >= 0.6 is 0 Å². The predicted octanol–water partition coefficient (Wildman–Crippen LogP) is 2.06. The Balaban J connectivity index is 2.08. The second kappa shape index (κ2) is 6.12. The fourth-order valence-corrected chi connectivity index (χ4v) is 2.79. The van der Waals surface area contributed by atoms with Crippen LogP contribution in [-0.2, 0) is 13.6 Å². The van der Waals surface area contributed by atoms with E-state index in [4.69, 9.17) is 0 Å². The maximum Gasteiger partial charge on any atom is 0.262 e. The van der Waals surface area contributed by atoms with Gasteiger partial charge in [0.2, 0.25) is 5.78 Å². The second-order valence-electron chi connectivity index (χ2n) is 6.55. The van der Waals surface area contributed by atoms with E-state index in [-0.39, 0.29) is 5.56 Å². The van der Waals surface area contributed by atoms with Gasteiger partial charge in [-0.3, -0.25) is 18.7 Å². The Morgan fingerprint density at radius 3 is 2.70 bits per heavy atom. The van der Waals surface area contributed by atoms with Crippen LogP contribution in [0, 0.1) is 5.92 Å². The van der Waals surface area contributed by atoms with E-state index in [1.54, 1.807) is 11.6 Å². The van der Waals surface area contributed by atoms with Crippen LogP contribution in [0.25, 0.3) is 16.7 Å². The Kier molecular flexibility index (Phi) is 4.17. The van der Waals surface area contributed by atoms with E-state index < -0.39 is 0 Å². The predicted molar refractivity (Wildman–Crippen MR) is 91.5 cm³/mol. The van der Waals surface area contributed by atoms with Crippen molar-refractivity contribution in [3.05, 3.63) is 40.4 Å². The topological polar surface area (TPSA) is 55.4 Å². The minimum absolute atomic E-state index is 0.0415. The van der Waals surface area contributed by atoms with Crippen molar-refractivity contribution >= 4 is 16.7 Å². The molecule has 0 aliphatic heterocycles. The lowest BCUT2D eigenvalue weighted by atomic mass is 10.1. The average molecular weight is 313 g/mol. The first-order valence-corrected chi connectivity index (χ1v) is 7.99. The van der Waals surface area contributed by atoms with Crippen LogP contribution in [0.4, 0.5) is 0 Å². The molecule has 3 rings (SSSR count). The number of hydrogen-bond acceptors (Lipinski definition) is 4. The molecule has 0 spiro atoms. The van der Waals surface area contributed by atoms with E-state index in [0.717, 1.165) is 24.3 Å². The van der Waals surface area contributed by atoms with Crippen LogP contribution in [0.3, 0.4) is 0 Å². The number of hydrogen-bond donors (Lipinski definition) is 0. The van der Waals surface area contributed by atoms with Gasteiger partial charge in [-0.2, -0.15) is 0 Å². The molecule has 0 aliphatic carbocycles. The van der Waals surface area contributed by atoms with Crippen molar-refractivity contribution in [1.29, 1.82) is 0 Å². The molecule has 0 atom stereocenters. The first kappa shape index (κ1) is 15.7. The molecule has 6 heteroatoms. The third kappa shape index (κ3) is 2.86. The molecule has 1 aromatic carbocycles. The Morgan fingerprint density at radius 1 is 1.22 bits per heavy atom. The maximum absolute atomic E-state index is 12.4. The molecule has 0 bridgehead atoms. The van der Waals surface area contributed by atoms with Gasteiger partial charge in [0.25, 0.3) is 5.56 Å². The molecule has 0 aliphatic rings. The summed E-state index contributed by atoms with van der Waals surface area (Å²) >= 11 is 0. The minimum atomic E-state index is -0.0415. The Hall–Kier alpha value is -2.21. The Morgan fingerprint density at radius 2 is 1.96 bits per heavy atom. The molecule has 0 saturated carbocycles. The molecule has 3 aromatic rings. The molecule has 0 saturated heterocycles. The van der Waals surface area contributed by atoms with Crippen LogP contribution in [0.1, 0.15) is 26.1 Å². The van der Waals surface area contributed by atoms with E-state index in [1.165, 1.54) is 0 Å². The number of aromatic nitrogens is 4. The second-order valence-corrected chi connectivity index (χ2v) is 6.55. The highest BCUT2D eigenvalue weighted by Gasteiger charge is 2.15. The summed E-state index contributed by atoms with van der Waals surface area (Å²) < 4.78 is 3.55. The molecule has 2 heterocycles. The highest BCUT2D eigenvalue weighted by Crippen LogP contribution is 2.15. The largest absolute Gasteiger partial charge is 0.299 e. The third-order valence-corrected chi connectivity index (χ3v) is 4.19. The quantitative estimate of drug-likeness (QED) is 0.723. The van der Waals surface area contributed by atoms with Crippen LogP contribution < -0.4 is 5.56 Å². The fourth-order valence-electron chi connectivity index (χ4n) is 2.79. The first-order valence-electron chi connectivity index (χ1n) is 7.99. The highest BCUT2D eigenvalue weighted by atomic mass is 16.1. The van der Waals surface area contributed by atoms with E-state index >= 15 is 0 Å². The van der Waals surface area contributed by atoms with E-state index in [9.17, 15) is 4.79 Å². The van der Waals surface area contributed by atoms with Gasteiger partial charge in [-0.05, 0) is 38.1 Å². The van der Waals surface area contributed by atoms with Crippen molar-refractivity contribution in [1.82, 2.24) is 24.1 Å². The SMILES string of the molecule is CC(C)CCN(C)Cc1nnc2n(C)c(=O)c3ccccc3n12. The van der Waals surface area contributed by atoms with Crippen LogP contribution in [-0.4, -0.2) is 37.7 Å². The number of nitrogens with zero attached hydrogens (tertiary/aromatic N) is 5. The summed E-state index contributed by atoms with van der Waals surface area (Å²) in [7, 11) is 3.83. The minimum Gasteiger partial charge on any atom is -0.299 e. The van der Waals surface area contributed by atoms with Crippen molar-refractivity contribution in [3.63, 3.8) is 0 Å². The smallest absolute Gasteiger partial charge is 0.262 e. The van der Waals surface area contributed by atoms with E-state index in [2.05, 4.69) is 36.0 Å². The van der Waals surface area contributed by atoms with Gasteiger partial charge in [-0.15, -0.1) is 10.2 Å². The van der Waals surface area contributed by atoms with Gasteiger partial charge in [-0.1, -0.05) is 26.0 Å². The monoisotopic (exact) mass is 313 g/mol. The molecular weight excluding hydrogens is 290 g/mol. The first-order chi connectivity index (χ1) is 11.0. The van der Waals surface area contributed by atoms with Gasteiger partial charge in [0, 0.05) is 7.05 Å². The van der Waals surface area contributed by atoms with Gasteiger partial charge in [-0.25, -0.2) is 0 Å². The van der Waals surface area contributed by atoms with Gasteiger partial charge >= 0.3 is 0 Å². The summed E-state index contributed by atoms with van der Waals surface area (Å²) in [6.07, 6.45) is 1.15. The number of benzene rings is 1. The summed E-state index contributed by atoms with van der Waals surface area (Å²) in [5.74, 6) is 2.12. The van der Waals surface area contributed by atoms with Crippen molar-refractivity contribution in [2.75, 3.05) is 13.6 Å². The molecular formula is C17H23N5O. The number of para-hydroxylation sites is 1. The fraction of sp³-hybridized carbons (Fsp3) is 0.471. The number of rotatable bonds is 5. The summed E-state index contributed by atoms with van der Waals surface area (Å²) in [5, 5.41) is 9.24. The molecule has 0 N–H and O–H groups in total. The lowest BCUT2D eigenvalue weighted by molar-refractivity contribution is 0.296. The van der Waals surface area contributed by atoms with Gasteiger partial charge in [0.15, 0.2) is 5.82 Å². The maximum atomic E-state index is 12.4. The zero-order valence-corrected chi connectivity index (χ0v) is 14.2. The lowest BCUT2D eigenvalue weighted by Gasteiger charge is -2.17. The molecule has 0 fully saturated rings. The van der Waals surface area contributed by atoms with E-state index in [0.29, 0.717) is 23.6 Å². The average Bonchev–Trinajstić information content (AvgIpc) is 2.94. The van der Waals surface area contributed by atoms with Crippen LogP contribution in [0.2, 0.25) is 0 Å². The summed E-state index contributed by atoms with van der Waals surface area (Å²) in [6.45, 7) is 6.17. The van der Waals surface area contributed by atoms with Gasteiger partial charge < -0.3 is 0 Å². The van der Waals surface area contributed by atoms with Gasteiger partial charge in [0.05, 0.1) is 17.4 Å². The van der Waals surface area contributed by atoms with Crippen molar-refractivity contribution in [3.8, 4) is 0 Å². The molecule has 6 nitrogen and oxygen atoms in total. The highest BCUT2D eigenvalue weighted by molar-refractivity contribution is 5.80. The Bertz CT molecular complexity index is 893. The van der Waals surface area contributed by atoms with Gasteiger partial charge in [0.1, 0.15) is 0 Å². The van der Waals surface area contributed by atoms with Crippen molar-refractivity contribution in [2.24, 2.45) is 13.0 Å². The lowest BCUT2D eigenvalue weighted by Crippen LogP contribution is -2.23. The van der Waals surface area contributed by atoms with Crippen LogP contribution in [0.15, 0.2) is 29.1 Å². The molecule has 23 heavy (non-hydrogen) atoms. The molecule has 0 radical (unpaired) electrons. The van der Waals surface area contributed by atoms with Crippen molar-refractivity contribution in [2.45, 2.75) is 26.8 Å². The van der Waals surface area contributed by atoms with Crippen molar-refractivity contribution < 1.29 is 0 Å². The number of aryl methyl sites for hydroxylation is 1. The zero-order chi connectivity index (χ0) is 16.6. The molecule has 2 aromatic heterocycles. The normalized spacial score (nSPS) is 12.1. The number of fused-ring (bicyclic) bond motifs is 3.